The first-order valence-corrected chi connectivity index (χ1v) is 7.61. The number of halogens is 1. The zero-order valence-corrected chi connectivity index (χ0v) is 14.3. The van der Waals surface area contributed by atoms with E-state index in [1.54, 1.807) is 25.3 Å². The van der Waals surface area contributed by atoms with Crippen molar-refractivity contribution in [2.24, 2.45) is 0 Å². The van der Waals surface area contributed by atoms with Crippen molar-refractivity contribution >= 4 is 21.7 Å². The van der Waals surface area contributed by atoms with Gasteiger partial charge in [0.1, 0.15) is 5.75 Å². The average Bonchev–Trinajstić information content (AvgIpc) is 2.45. The number of hydrogen-bond acceptors (Lipinski definition) is 2. The second kappa shape index (κ2) is 6.02. The van der Waals surface area contributed by atoms with Crippen LogP contribution in [-0.2, 0) is 5.41 Å². The smallest absolute Gasteiger partial charge is 0.193 e. The standard InChI is InChI=1S/C18H19BrO2/c1-18(2,3)14-8-5-12(6-9-14)17(20)13-7-10-16(21-4)15(19)11-13/h5-11H,1-4H3. The molecular weight excluding hydrogens is 328 g/mol. The third-order valence-electron chi connectivity index (χ3n) is 3.43. The Morgan fingerprint density at radius 2 is 1.57 bits per heavy atom. The van der Waals surface area contributed by atoms with Crippen LogP contribution in [0, 0.1) is 0 Å². The average molecular weight is 347 g/mol. The molecule has 2 aromatic rings. The molecular formula is C18H19BrO2. The number of methoxy groups -OCH3 is 1. The molecule has 0 amide bonds. The molecule has 2 nitrogen and oxygen atoms in total. The summed E-state index contributed by atoms with van der Waals surface area (Å²) in [4.78, 5) is 12.5. The predicted octanol–water partition coefficient (Wildman–Crippen LogP) is 4.99. The van der Waals surface area contributed by atoms with E-state index in [4.69, 9.17) is 4.74 Å². The number of rotatable bonds is 3. The van der Waals surface area contributed by atoms with E-state index in [0.29, 0.717) is 11.1 Å². The Bertz CT molecular complexity index is 652. The summed E-state index contributed by atoms with van der Waals surface area (Å²) >= 11 is 3.41. The topological polar surface area (TPSA) is 26.3 Å². The molecule has 0 aliphatic heterocycles. The van der Waals surface area contributed by atoms with Crippen LogP contribution in [0.1, 0.15) is 42.3 Å². The van der Waals surface area contributed by atoms with Crippen molar-refractivity contribution in [1.29, 1.82) is 0 Å². The molecule has 0 unspecified atom stereocenters. The molecule has 0 aliphatic carbocycles. The molecule has 0 fully saturated rings. The summed E-state index contributed by atoms with van der Waals surface area (Å²) in [5.41, 5.74) is 2.64. The van der Waals surface area contributed by atoms with Gasteiger partial charge in [-0.3, -0.25) is 4.79 Å². The van der Waals surface area contributed by atoms with E-state index in [9.17, 15) is 4.79 Å². The molecule has 0 saturated carbocycles. The highest BCUT2D eigenvalue weighted by Gasteiger charge is 2.15. The van der Waals surface area contributed by atoms with Crippen LogP contribution in [0.2, 0.25) is 0 Å². The van der Waals surface area contributed by atoms with Gasteiger partial charge in [-0.25, -0.2) is 0 Å². The Morgan fingerprint density at radius 3 is 2.05 bits per heavy atom. The normalized spacial score (nSPS) is 11.3. The fourth-order valence-electron chi connectivity index (χ4n) is 2.10. The lowest BCUT2D eigenvalue weighted by atomic mass is 9.86. The molecule has 0 heterocycles. The second-order valence-electron chi connectivity index (χ2n) is 6.01. The summed E-state index contributed by atoms with van der Waals surface area (Å²) in [6.45, 7) is 6.47. The van der Waals surface area contributed by atoms with Crippen LogP contribution in [0.4, 0.5) is 0 Å². The first-order chi connectivity index (χ1) is 9.82. The Labute approximate surface area is 134 Å². The van der Waals surface area contributed by atoms with Crippen molar-refractivity contribution in [2.75, 3.05) is 7.11 Å². The number of carbonyl (C=O) groups excluding carboxylic acids is 1. The summed E-state index contributed by atoms with van der Waals surface area (Å²) in [5, 5.41) is 0. The van der Waals surface area contributed by atoms with Gasteiger partial charge in [-0.15, -0.1) is 0 Å². The van der Waals surface area contributed by atoms with E-state index in [0.717, 1.165) is 10.2 Å². The highest BCUT2D eigenvalue weighted by atomic mass is 79.9. The van der Waals surface area contributed by atoms with Crippen LogP contribution in [0.3, 0.4) is 0 Å². The van der Waals surface area contributed by atoms with Gasteiger partial charge in [0.25, 0.3) is 0 Å². The SMILES string of the molecule is COc1ccc(C(=O)c2ccc(C(C)(C)C)cc2)cc1Br. The summed E-state index contributed by atoms with van der Waals surface area (Å²) in [5.74, 6) is 0.730. The van der Waals surface area contributed by atoms with Crippen molar-refractivity contribution in [1.82, 2.24) is 0 Å². The highest BCUT2D eigenvalue weighted by Crippen LogP contribution is 2.27. The van der Waals surface area contributed by atoms with Gasteiger partial charge in [-0.2, -0.15) is 0 Å². The molecule has 110 valence electrons. The third-order valence-corrected chi connectivity index (χ3v) is 4.05. The van der Waals surface area contributed by atoms with Crippen molar-refractivity contribution in [3.05, 3.63) is 63.6 Å². The summed E-state index contributed by atoms with van der Waals surface area (Å²) in [6, 6.07) is 13.2. The lowest BCUT2D eigenvalue weighted by Crippen LogP contribution is -2.11. The first-order valence-electron chi connectivity index (χ1n) is 6.81. The van der Waals surface area contributed by atoms with Crippen molar-refractivity contribution in [3.63, 3.8) is 0 Å². The van der Waals surface area contributed by atoms with Crippen LogP contribution in [0.15, 0.2) is 46.9 Å². The fourth-order valence-corrected chi connectivity index (χ4v) is 2.64. The van der Waals surface area contributed by atoms with Crippen molar-refractivity contribution in [3.8, 4) is 5.75 Å². The number of benzene rings is 2. The molecule has 3 heteroatoms. The van der Waals surface area contributed by atoms with Gasteiger partial charge in [0.15, 0.2) is 5.78 Å². The zero-order chi connectivity index (χ0) is 15.6. The number of hydrogen-bond donors (Lipinski definition) is 0. The van der Waals surface area contributed by atoms with Gasteiger partial charge in [0, 0.05) is 11.1 Å². The number of ether oxygens (including phenoxy) is 1. The molecule has 0 aromatic heterocycles. The van der Waals surface area contributed by atoms with Crippen molar-refractivity contribution < 1.29 is 9.53 Å². The third kappa shape index (κ3) is 3.53. The Morgan fingerprint density at radius 1 is 1.00 bits per heavy atom. The van der Waals surface area contributed by atoms with Gasteiger partial charge in [0.2, 0.25) is 0 Å². The van der Waals surface area contributed by atoms with E-state index in [1.807, 2.05) is 24.3 Å². The van der Waals surface area contributed by atoms with Gasteiger partial charge >= 0.3 is 0 Å². The molecule has 2 aromatic carbocycles. The van der Waals surface area contributed by atoms with Gasteiger partial charge in [-0.05, 0) is 45.1 Å². The molecule has 0 N–H and O–H groups in total. The van der Waals surface area contributed by atoms with Crippen molar-refractivity contribution in [2.45, 2.75) is 26.2 Å². The number of ketones is 1. The van der Waals surface area contributed by atoms with Crippen LogP contribution < -0.4 is 4.74 Å². The largest absolute Gasteiger partial charge is 0.496 e. The maximum atomic E-state index is 12.5. The highest BCUT2D eigenvalue weighted by molar-refractivity contribution is 9.10. The molecule has 0 radical (unpaired) electrons. The van der Waals surface area contributed by atoms with Gasteiger partial charge in [-0.1, -0.05) is 45.0 Å². The van der Waals surface area contributed by atoms with Crippen LogP contribution in [0.5, 0.6) is 5.75 Å². The lowest BCUT2D eigenvalue weighted by molar-refractivity contribution is 0.103. The quantitative estimate of drug-likeness (QED) is 0.732. The minimum absolute atomic E-state index is 0.0128. The summed E-state index contributed by atoms with van der Waals surface area (Å²) < 4.78 is 5.96. The maximum Gasteiger partial charge on any atom is 0.193 e. The summed E-state index contributed by atoms with van der Waals surface area (Å²) in [6.07, 6.45) is 0. The minimum atomic E-state index is 0.0128. The minimum Gasteiger partial charge on any atom is -0.496 e. The van der Waals surface area contributed by atoms with Gasteiger partial charge < -0.3 is 4.74 Å². The molecule has 0 spiro atoms. The predicted molar refractivity (Wildman–Crippen MR) is 89.3 cm³/mol. The Hall–Kier alpha value is -1.61. The second-order valence-corrected chi connectivity index (χ2v) is 6.86. The van der Waals surface area contributed by atoms with Crippen LogP contribution >= 0.6 is 15.9 Å². The first kappa shape index (κ1) is 15.8. The van der Waals surface area contributed by atoms with E-state index < -0.39 is 0 Å². The molecule has 0 atom stereocenters. The Kier molecular flexibility index (Phi) is 4.52. The molecule has 0 aliphatic rings. The zero-order valence-electron chi connectivity index (χ0n) is 12.7. The summed E-state index contributed by atoms with van der Waals surface area (Å²) in [7, 11) is 1.60. The fraction of sp³-hybridized carbons (Fsp3) is 0.278. The van der Waals surface area contributed by atoms with E-state index >= 15 is 0 Å². The van der Waals surface area contributed by atoms with E-state index in [-0.39, 0.29) is 11.2 Å². The van der Waals surface area contributed by atoms with Crippen LogP contribution in [0.25, 0.3) is 0 Å². The van der Waals surface area contributed by atoms with Gasteiger partial charge in [0.05, 0.1) is 11.6 Å². The molecule has 2 rings (SSSR count). The maximum absolute atomic E-state index is 12.5. The molecule has 21 heavy (non-hydrogen) atoms. The van der Waals surface area contributed by atoms with Crippen LogP contribution in [-0.4, -0.2) is 12.9 Å². The van der Waals surface area contributed by atoms with E-state index in [2.05, 4.69) is 36.7 Å². The van der Waals surface area contributed by atoms with E-state index in [1.165, 1.54) is 5.56 Å². The lowest BCUT2D eigenvalue weighted by Gasteiger charge is -2.19. The number of carbonyl (C=O) groups is 1. The Balaban J connectivity index is 2.30. The monoisotopic (exact) mass is 346 g/mol. The molecule has 0 bridgehead atoms. The molecule has 0 saturated heterocycles.